The van der Waals surface area contributed by atoms with Crippen molar-refractivity contribution in [1.29, 1.82) is 0 Å². The maximum atomic E-state index is 13.7. The van der Waals surface area contributed by atoms with E-state index in [0.29, 0.717) is 29.8 Å². The number of carbonyl (C=O) groups excluding carboxylic acids is 1. The maximum Gasteiger partial charge on any atom is 0.277 e. The molecule has 156 valence electrons. The fraction of sp³-hybridized carbons (Fsp3) is 0.318. The zero-order valence-electron chi connectivity index (χ0n) is 16.8. The summed E-state index contributed by atoms with van der Waals surface area (Å²) in [5.74, 6) is 0.329. The van der Waals surface area contributed by atoms with Gasteiger partial charge in [0.2, 0.25) is 11.8 Å². The second kappa shape index (κ2) is 9.30. The molecule has 0 bridgehead atoms. The Hall–Kier alpha value is -2.87. The molecule has 0 radical (unpaired) electrons. The summed E-state index contributed by atoms with van der Waals surface area (Å²) in [6.07, 6.45) is 0.231. The van der Waals surface area contributed by atoms with Crippen molar-refractivity contribution in [2.75, 3.05) is 36.8 Å². The third kappa shape index (κ3) is 4.99. The molecule has 0 spiro atoms. The second-order valence-corrected chi connectivity index (χ2v) is 8.15. The van der Waals surface area contributed by atoms with Crippen molar-refractivity contribution in [3.8, 4) is 0 Å². The smallest absolute Gasteiger partial charge is 0.277 e. The highest BCUT2D eigenvalue weighted by Crippen LogP contribution is 2.21. The summed E-state index contributed by atoms with van der Waals surface area (Å²) in [5.41, 5.74) is 2.93. The van der Waals surface area contributed by atoms with Crippen LogP contribution in [0.1, 0.15) is 17.0 Å². The van der Waals surface area contributed by atoms with Gasteiger partial charge in [0.1, 0.15) is 5.82 Å². The van der Waals surface area contributed by atoms with Gasteiger partial charge in [-0.2, -0.15) is 0 Å². The van der Waals surface area contributed by atoms with Gasteiger partial charge in [-0.25, -0.2) is 4.39 Å². The van der Waals surface area contributed by atoms with E-state index in [1.165, 1.54) is 29.1 Å². The van der Waals surface area contributed by atoms with E-state index in [2.05, 4.69) is 46.3 Å². The number of carbonyl (C=O) groups is 1. The molecule has 2 heterocycles. The first-order chi connectivity index (χ1) is 14.6. The fourth-order valence-electron chi connectivity index (χ4n) is 3.43. The van der Waals surface area contributed by atoms with E-state index in [4.69, 9.17) is 4.42 Å². The maximum absolute atomic E-state index is 13.7. The van der Waals surface area contributed by atoms with Gasteiger partial charge >= 0.3 is 0 Å². The van der Waals surface area contributed by atoms with Gasteiger partial charge in [-0.15, -0.1) is 10.2 Å². The largest absolute Gasteiger partial charge is 0.416 e. The lowest BCUT2D eigenvalue weighted by Gasteiger charge is -2.36. The van der Waals surface area contributed by atoms with Gasteiger partial charge in [0.05, 0.1) is 12.2 Å². The van der Waals surface area contributed by atoms with Crippen LogP contribution in [0.3, 0.4) is 0 Å². The topological polar surface area (TPSA) is 62.5 Å². The summed E-state index contributed by atoms with van der Waals surface area (Å²) in [6, 6.07) is 14.9. The molecule has 0 saturated carbocycles. The minimum Gasteiger partial charge on any atom is -0.416 e. The zero-order valence-corrected chi connectivity index (χ0v) is 17.6. The second-order valence-electron chi connectivity index (χ2n) is 7.23. The Balaban J connectivity index is 1.25. The molecule has 0 unspecified atom stereocenters. The average molecular weight is 427 g/mol. The van der Waals surface area contributed by atoms with Crippen molar-refractivity contribution >= 4 is 23.4 Å². The number of aryl methyl sites for hydroxylation is 1. The molecule has 1 amide bonds. The minimum atomic E-state index is -0.301. The Bertz CT molecular complexity index is 1020. The summed E-state index contributed by atoms with van der Waals surface area (Å²) < 4.78 is 19.3. The predicted octanol–water partition coefficient (Wildman–Crippen LogP) is 3.55. The Kier molecular flexibility index (Phi) is 6.32. The molecule has 8 heteroatoms. The van der Waals surface area contributed by atoms with Crippen molar-refractivity contribution in [2.45, 2.75) is 18.6 Å². The third-order valence-electron chi connectivity index (χ3n) is 5.07. The number of nitrogens with zero attached hydrogens (tertiary/aromatic N) is 4. The van der Waals surface area contributed by atoms with Crippen LogP contribution in [0.2, 0.25) is 0 Å². The normalized spacial score (nSPS) is 14.2. The SMILES string of the molecule is Cc1cccc(N2CCN(C(=O)CSc3nnc(Cc4ccccc4F)o3)CC2)c1. The van der Waals surface area contributed by atoms with Crippen LogP contribution in [0.5, 0.6) is 0 Å². The highest BCUT2D eigenvalue weighted by molar-refractivity contribution is 7.99. The number of anilines is 1. The first kappa shape index (κ1) is 20.4. The Morgan fingerprint density at radius 3 is 2.67 bits per heavy atom. The van der Waals surface area contributed by atoms with Crippen LogP contribution in [0, 0.1) is 12.7 Å². The van der Waals surface area contributed by atoms with Crippen molar-refractivity contribution in [3.63, 3.8) is 0 Å². The van der Waals surface area contributed by atoms with Gasteiger partial charge in [0, 0.05) is 31.9 Å². The molecule has 30 heavy (non-hydrogen) atoms. The van der Waals surface area contributed by atoms with Gasteiger partial charge < -0.3 is 14.2 Å². The number of rotatable bonds is 6. The molecule has 2 aromatic carbocycles. The molecule has 6 nitrogen and oxygen atoms in total. The van der Waals surface area contributed by atoms with Crippen LogP contribution in [-0.2, 0) is 11.2 Å². The number of aromatic nitrogens is 2. The van der Waals surface area contributed by atoms with Gasteiger partial charge in [-0.05, 0) is 36.2 Å². The summed E-state index contributed by atoms with van der Waals surface area (Å²) >= 11 is 1.22. The first-order valence-electron chi connectivity index (χ1n) is 9.86. The van der Waals surface area contributed by atoms with Crippen LogP contribution in [0.25, 0.3) is 0 Å². The van der Waals surface area contributed by atoms with E-state index in [1.54, 1.807) is 18.2 Å². The molecule has 1 saturated heterocycles. The van der Waals surface area contributed by atoms with E-state index in [9.17, 15) is 9.18 Å². The highest BCUT2D eigenvalue weighted by Gasteiger charge is 2.22. The third-order valence-corrected chi connectivity index (χ3v) is 5.87. The van der Waals surface area contributed by atoms with Gasteiger partial charge in [0.25, 0.3) is 5.22 Å². The van der Waals surface area contributed by atoms with E-state index in [1.807, 2.05) is 4.90 Å². The molecule has 0 aliphatic carbocycles. The highest BCUT2D eigenvalue weighted by atomic mass is 32.2. The molecule has 0 atom stereocenters. The molecule has 1 aromatic heterocycles. The quantitative estimate of drug-likeness (QED) is 0.562. The molecule has 1 fully saturated rings. The summed E-state index contributed by atoms with van der Waals surface area (Å²) in [5, 5.41) is 8.25. The molecule has 3 aromatic rings. The number of benzene rings is 2. The molecule has 0 N–H and O–H groups in total. The van der Waals surface area contributed by atoms with Crippen molar-refractivity contribution in [3.05, 3.63) is 71.4 Å². The number of hydrogen-bond acceptors (Lipinski definition) is 6. The number of piperazine rings is 1. The summed E-state index contributed by atoms with van der Waals surface area (Å²) in [4.78, 5) is 16.7. The number of hydrogen-bond donors (Lipinski definition) is 0. The van der Waals surface area contributed by atoms with Crippen LogP contribution >= 0.6 is 11.8 Å². The molecule has 1 aliphatic rings. The van der Waals surface area contributed by atoms with E-state index >= 15 is 0 Å². The Morgan fingerprint density at radius 2 is 1.90 bits per heavy atom. The lowest BCUT2D eigenvalue weighted by atomic mass is 10.1. The molecular formula is C22H23FN4O2S. The zero-order chi connectivity index (χ0) is 20.9. The van der Waals surface area contributed by atoms with Crippen molar-refractivity contribution < 1.29 is 13.6 Å². The number of halogens is 1. The summed E-state index contributed by atoms with van der Waals surface area (Å²) in [7, 11) is 0. The van der Waals surface area contributed by atoms with Gasteiger partial charge in [-0.1, -0.05) is 42.1 Å². The molecular weight excluding hydrogens is 403 g/mol. The lowest BCUT2D eigenvalue weighted by Crippen LogP contribution is -2.49. The fourth-order valence-corrected chi connectivity index (χ4v) is 4.11. The van der Waals surface area contributed by atoms with Gasteiger partial charge in [0.15, 0.2) is 0 Å². The van der Waals surface area contributed by atoms with Crippen LogP contribution < -0.4 is 4.90 Å². The molecule has 4 rings (SSSR count). The standard InChI is InChI=1S/C22H23FN4O2S/c1-16-5-4-7-18(13-16)26-9-11-27(12-10-26)21(28)15-30-22-25-24-20(29-22)14-17-6-2-3-8-19(17)23/h2-8,13H,9-12,14-15H2,1H3. The van der Waals surface area contributed by atoms with Crippen LogP contribution in [-0.4, -0.2) is 52.9 Å². The van der Waals surface area contributed by atoms with E-state index in [0.717, 1.165) is 13.1 Å². The molecule has 1 aliphatic heterocycles. The van der Waals surface area contributed by atoms with Gasteiger partial charge in [-0.3, -0.25) is 4.79 Å². The van der Waals surface area contributed by atoms with Crippen molar-refractivity contribution in [2.24, 2.45) is 0 Å². The van der Waals surface area contributed by atoms with Crippen LogP contribution in [0.4, 0.5) is 10.1 Å². The lowest BCUT2D eigenvalue weighted by molar-refractivity contribution is -0.128. The van der Waals surface area contributed by atoms with E-state index in [-0.39, 0.29) is 23.9 Å². The Morgan fingerprint density at radius 1 is 1.10 bits per heavy atom. The van der Waals surface area contributed by atoms with Crippen LogP contribution in [0.15, 0.2) is 58.2 Å². The first-order valence-corrected chi connectivity index (χ1v) is 10.8. The van der Waals surface area contributed by atoms with Crippen molar-refractivity contribution in [1.82, 2.24) is 15.1 Å². The summed E-state index contributed by atoms with van der Waals surface area (Å²) in [6.45, 7) is 5.09. The Labute approximate surface area is 179 Å². The number of thioether (sulfide) groups is 1. The average Bonchev–Trinajstić information content (AvgIpc) is 3.21. The van der Waals surface area contributed by atoms with E-state index < -0.39 is 0 Å². The minimum absolute atomic E-state index is 0.0535. The monoisotopic (exact) mass is 426 g/mol. The number of amides is 1. The predicted molar refractivity (Wildman–Crippen MR) is 114 cm³/mol.